The van der Waals surface area contributed by atoms with Gasteiger partial charge >= 0.3 is 0 Å². The third kappa shape index (κ3) is 2.94. The molecule has 2 fully saturated rings. The molecule has 0 aromatic heterocycles. The predicted molar refractivity (Wildman–Crippen MR) is 62.8 cm³/mol. The van der Waals surface area contributed by atoms with Crippen molar-refractivity contribution in [1.29, 1.82) is 0 Å². The zero-order chi connectivity index (χ0) is 10.9. The van der Waals surface area contributed by atoms with Gasteiger partial charge in [0.25, 0.3) is 0 Å². The Morgan fingerprint density at radius 2 is 1.93 bits per heavy atom. The molecule has 2 rings (SSSR count). The molecule has 0 radical (unpaired) electrons. The van der Waals surface area contributed by atoms with Crippen molar-refractivity contribution in [2.45, 2.75) is 77.0 Å². The summed E-state index contributed by atoms with van der Waals surface area (Å²) in [7, 11) is 0. The Labute approximate surface area is 93.5 Å². The van der Waals surface area contributed by atoms with Gasteiger partial charge in [0.1, 0.15) is 0 Å². The quantitative estimate of drug-likeness (QED) is 0.735. The van der Waals surface area contributed by atoms with E-state index < -0.39 is 0 Å². The van der Waals surface area contributed by atoms with Crippen LogP contribution < -0.4 is 5.32 Å². The minimum absolute atomic E-state index is 0.0879. The topological polar surface area (TPSA) is 32.3 Å². The predicted octanol–water partition coefficient (Wildman–Crippen LogP) is 2.46. The van der Waals surface area contributed by atoms with Crippen LogP contribution in [0.1, 0.15) is 58.8 Å². The SMILES string of the molecule is CC1(C)CCCC(N[C@H]2CCC[C@@H]2O)C1. The van der Waals surface area contributed by atoms with Crippen molar-refractivity contribution in [3.05, 3.63) is 0 Å². The largest absolute Gasteiger partial charge is 0.392 e. The summed E-state index contributed by atoms with van der Waals surface area (Å²) in [6.07, 6.45) is 8.53. The van der Waals surface area contributed by atoms with E-state index >= 15 is 0 Å². The van der Waals surface area contributed by atoms with Gasteiger partial charge in [-0.15, -0.1) is 0 Å². The lowest BCUT2D eigenvalue weighted by molar-refractivity contribution is 0.122. The summed E-state index contributed by atoms with van der Waals surface area (Å²) >= 11 is 0. The van der Waals surface area contributed by atoms with Gasteiger partial charge < -0.3 is 10.4 Å². The normalized spacial score (nSPS) is 40.6. The Bertz CT molecular complexity index is 215. The minimum atomic E-state index is -0.0879. The molecule has 0 aromatic carbocycles. The van der Waals surface area contributed by atoms with Gasteiger partial charge in [0.2, 0.25) is 0 Å². The first-order valence-electron chi connectivity index (χ1n) is 6.51. The van der Waals surface area contributed by atoms with Gasteiger partial charge in [-0.1, -0.05) is 20.3 Å². The fourth-order valence-corrected chi connectivity index (χ4v) is 3.28. The van der Waals surface area contributed by atoms with Gasteiger partial charge in [0, 0.05) is 12.1 Å². The van der Waals surface area contributed by atoms with Crippen LogP contribution in [-0.2, 0) is 0 Å². The highest BCUT2D eigenvalue weighted by Gasteiger charge is 2.32. The van der Waals surface area contributed by atoms with Gasteiger partial charge in [-0.25, -0.2) is 0 Å². The van der Waals surface area contributed by atoms with Crippen molar-refractivity contribution < 1.29 is 5.11 Å². The summed E-state index contributed by atoms with van der Waals surface area (Å²) < 4.78 is 0. The van der Waals surface area contributed by atoms with Gasteiger partial charge in [-0.05, 0) is 43.9 Å². The maximum Gasteiger partial charge on any atom is 0.0693 e. The van der Waals surface area contributed by atoms with Crippen LogP contribution in [0.25, 0.3) is 0 Å². The van der Waals surface area contributed by atoms with Gasteiger partial charge in [-0.3, -0.25) is 0 Å². The Hall–Kier alpha value is -0.0800. The first kappa shape index (κ1) is 11.4. The van der Waals surface area contributed by atoms with E-state index in [0.29, 0.717) is 17.5 Å². The van der Waals surface area contributed by atoms with Crippen LogP contribution in [0, 0.1) is 5.41 Å². The number of hydrogen-bond donors (Lipinski definition) is 2. The number of aliphatic hydroxyl groups is 1. The summed E-state index contributed by atoms with van der Waals surface area (Å²) in [6, 6.07) is 1.02. The second-order valence-electron chi connectivity index (χ2n) is 6.23. The molecule has 0 heterocycles. The lowest BCUT2D eigenvalue weighted by Crippen LogP contribution is -2.45. The molecular formula is C13H25NO. The smallest absolute Gasteiger partial charge is 0.0693 e. The molecular weight excluding hydrogens is 186 g/mol. The molecule has 88 valence electrons. The van der Waals surface area contributed by atoms with E-state index in [9.17, 15) is 5.11 Å². The number of aliphatic hydroxyl groups excluding tert-OH is 1. The molecule has 1 unspecified atom stereocenters. The van der Waals surface area contributed by atoms with E-state index in [4.69, 9.17) is 0 Å². The molecule has 2 nitrogen and oxygen atoms in total. The van der Waals surface area contributed by atoms with E-state index in [1.165, 1.54) is 32.1 Å². The Kier molecular flexibility index (Phi) is 3.36. The molecule has 0 spiro atoms. The maximum absolute atomic E-state index is 9.79. The highest BCUT2D eigenvalue weighted by Crippen LogP contribution is 2.35. The van der Waals surface area contributed by atoms with Crippen LogP contribution in [-0.4, -0.2) is 23.3 Å². The van der Waals surface area contributed by atoms with Crippen molar-refractivity contribution >= 4 is 0 Å². The average molecular weight is 211 g/mol. The Morgan fingerprint density at radius 3 is 2.53 bits per heavy atom. The highest BCUT2D eigenvalue weighted by atomic mass is 16.3. The lowest BCUT2D eigenvalue weighted by atomic mass is 9.75. The third-order valence-corrected chi connectivity index (χ3v) is 4.13. The van der Waals surface area contributed by atoms with Crippen LogP contribution in [0.2, 0.25) is 0 Å². The molecule has 15 heavy (non-hydrogen) atoms. The molecule has 0 amide bonds. The summed E-state index contributed by atoms with van der Waals surface area (Å²) in [4.78, 5) is 0. The van der Waals surface area contributed by atoms with Crippen molar-refractivity contribution in [1.82, 2.24) is 5.32 Å². The zero-order valence-corrected chi connectivity index (χ0v) is 10.1. The molecule has 2 saturated carbocycles. The second kappa shape index (κ2) is 4.42. The lowest BCUT2D eigenvalue weighted by Gasteiger charge is -2.37. The van der Waals surface area contributed by atoms with E-state index in [1.807, 2.05) is 0 Å². The molecule has 2 N–H and O–H groups in total. The standard InChI is InChI=1S/C13H25NO/c1-13(2)8-4-5-10(9-13)14-11-6-3-7-12(11)15/h10-12,14-15H,3-9H2,1-2H3/t10?,11-,12-/m0/s1. The molecule has 2 aliphatic carbocycles. The molecule has 2 aliphatic rings. The minimum Gasteiger partial charge on any atom is -0.392 e. The van der Waals surface area contributed by atoms with E-state index in [-0.39, 0.29) is 6.10 Å². The number of nitrogens with one attached hydrogen (secondary N) is 1. The number of rotatable bonds is 2. The molecule has 2 heteroatoms. The van der Waals surface area contributed by atoms with Crippen LogP contribution in [0.5, 0.6) is 0 Å². The maximum atomic E-state index is 9.79. The third-order valence-electron chi connectivity index (χ3n) is 4.13. The fraction of sp³-hybridized carbons (Fsp3) is 1.00. The van der Waals surface area contributed by atoms with Crippen LogP contribution >= 0.6 is 0 Å². The van der Waals surface area contributed by atoms with Gasteiger partial charge in [0.05, 0.1) is 6.10 Å². The van der Waals surface area contributed by atoms with Crippen molar-refractivity contribution in [2.75, 3.05) is 0 Å². The average Bonchev–Trinajstić information content (AvgIpc) is 2.50. The van der Waals surface area contributed by atoms with Crippen molar-refractivity contribution in [3.8, 4) is 0 Å². The number of hydrogen-bond acceptors (Lipinski definition) is 2. The molecule has 3 atom stereocenters. The molecule has 0 saturated heterocycles. The Balaban J connectivity index is 1.83. The van der Waals surface area contributed by atoms with E-state index in [2.05, 4.69) is 19.2 Å². The van der Waals surface area contributed by atoms with Gasteiger partial charge in [0.15, 0.2) is 0 Å². The van der Waals surface area contributed by atoms with Gasteiger partial charge in [-0.2, -0.15) is 0 Å². The molecule has 0 aromatic rings. The van der Waals surface area contributed by atoms with E-state index in [1.54, 1.807) is 0 Å². The second-order valence-corrected chi connectivity index (χ2v) is 6.23. The zero-order valence-electron chi connectivity index (χ0n) is 10.1. The first-order chi connectivity index (χ1) is 7.07. The highest BCUT2D eigenvalue weighted by molar-refractivity contribution is 4.89. The summed E-state index contributed by atoms with van der Waals surface area (Å²) in [6.45, 7) is 4.73. The molecule has 0 bridgehead atoms. The summed E-state index contributed by atoms with van der Waals surface area (Å²) in [5.74, 6) is 0. The van der Waals surface area contributed by atoms with Crippen LogP contribution in [0.15, 0.2) is 0 Å². The Morgan fingerprint density at radius 1 is 1.13 bits per heavy atom. The van der Waals surface area contributed by atoms with E-state index in [0.717, 1.165) is 12.8 Å². The van der Waals surface area contributed by atoms with Crippen molar-refractivity contribution in [2.24, 2.45) is 5.41 Å². The van der Waals surface area contributed by atoms with Crippen molar-refractivity contribution in [3.63, 3.8) is 0 Å². The fourth-order valence-electron chi connectivity index (χ4n) is 3.28. The van der Waals surface area contributed by atoms with Crippen LogP contribution in [0.3, 0.4) is 0 Å². The van der Waals surface area contributed by atoms with Crippen LogP contribution in [0.4, 0.5) is 0 Å². The summed E-state index contributed by atoms with van der Waals surface area (Å²) in [5.41, 5.74) is 0.499. The first-order valence-corrected chi connectivity index (χ1v) is 6.51. The molecule has 0 aliphatic heterocycles. The summed E-state index contributed by atoms with van der Waals surface area (Å²) in [5, 5.41) is 13.5. The monoisotopic (exact) mass is 211 g/mol.